The van der Waals surface area contributed by atoms with Crippen molar-refractivity contribution in [3.8, 4) is 6.07 Å². The van der Waals surface area contributed by atoms with Crippen LogP contribution in [0.25, 0.3) is 11.0 Å². The molecule has 34 heavy (non-hydrogen) atoms. The number of piperidine rings is 1. The van der Waals surface area contributed by atoms with Gasteiger partial charge in [-0.15, -0.1) is 0 Å². The number of carbonyl (C=O) groups is 2. The molecule has 0 radical (unpaired) electrons. The van der Waals surface area contributed by atoms with Crippen molar-refractivity contribution in [1.82, 2.24) is 20.2 Å². The van der Waals surface area contributed by atoms with Crippen LogP contribution in [0.2, 0.25) is 0 Å². The molecule has 1 fully saturated rings. The number of amides is 3. The van der Waals surface area contributed by atoms with E-state index >= 15 is 0 Å². The molecule has 0 spiro atoms. The molecule has 2 atom stereocenters. The first-order chi connectivity index (χ1) is 16.2. The zero-order valence-electron chi connectivity index (χ0n) is 19.5. The number of ether oxygens (including phenoxy) is 1. The van der Waals surface area contributed by atoms with Gasteiger partial charge in [0.05, 0.1) is 28.7 Å². The monoisotopic (exact) mass is 460 g/mol. The molecule has 9 heteroatoms. The van der Waals surface area contributed by atoms with Gasteiger partial charge >= 0.3 is 12.1 Å². The number of H-pyrrole nitrogens is 1. The van der Waals surface area contributed by atoms with E-state index in [1.165, 1.54) is 0 Å². The summed E-state index contributed by atoms with van der Waals surface area (Å²) < 4.78 is 5.64. The van der Waals surface area contributed by atoms with Crippen LogP contribution in [0.3, 0.4) is 0 Å². The van der Waals surface area contributed by atoms with E-state index in [2.05, 4.69) is 21.7 Å². The van der Waals surface area contributed by atoms with E-state index in [4.69, 9.17) is 15.0 Å². The van der Waals surface area contributed by atoms with Gasteiger partial charge in [0.2, 0.25) is 0 Å². The van der Waals surface area contributed by atoms with Gasteiger partial charge in [-0.3, -0.25) is 4.90 Å². The lowest BCUT2D eigenvalue weighted by Gasteiger charge is -2.39. The molecule has 1 aliphatic heterocycles. The minimum absolute atomic E-state index is 0.171. The van der Waals surface area contributed by atoms with Crippen LogP contribution in [-0.2, 0) is 4.74 Å². The lowest BCUT2D eigenvalue weighted by Crippen LogP contribution is -2.50. The molecular formula is C25H28N6O3. The largest absolute Gasteiger partial charge is 0.444 e. The van der Waals surface area contributed by atoms with Crippen LogP contribution in [0.4, 0.5) is 15.3 Å². The van der Waals surface area contributed by atoms with E-state index in [-0.39, 0.29) is 18.1 Å². The second-order valence-corrected chi connectivity index (χ2v) is 9.34. The van der Waals surface area contributed by atoms with Gasteiger partial charge in [-0.05, 0) is 70.0 Å². The predicted molar refractivity (Wildman–Crippen MR) is 128 cm³/mol. The Hall–Kier alpha value is -4.06. The Bertz CT molecular complexity index is 1190. The third kappa shape index (κ3) is 5.46. The summed E-state index contributed by atoms with van der Waals surface area (Å²) in [6.07, 6.45) is 0.662. The number of nitrogens with zero attached hydrogens (tertiary/aromatic N) is 3. The van der Waals surface area contributed by atoms with Crippen molar-refractivity contribution in [1.29, 1.82) is 5.26 Å². The molecule has 2 heterocycles. The molecule has 3 amide bonds. The number of para-hydroxylation sites is 2. The van der Waals surface area contributed by atoms with Gasteiger partial charge < -0.3 is 20.4 Å². The Morgan fingerprint density at radius 2 is 1.91 bits per heavy atom. The number of aromatic amines is 1. The molecule has 2 aromatic carbocycles. The van der Waals surface area contributed by atoms with E-state index in [9.17, 15) is 9.59 Å². The highest BCUT2D eigenvalue weighted by Gasteiger charge is 2.37. The number of urea groups is 1. The van der Waals surface area contributed by atoms with Crippen LogP contribution in [0.5, 0.6) is 0 Å². The smallest absolute Gasteiger partial charge is 0.410 e. The van der Waals surface area contributed by atoms with Gasteiger partial charge in [-0.25, -0.2) is 14.6 Å². The number of carbonyl (C=O) groups excluding carboxylic acids is 2. The maximum Gasteiger partial charge on any atom is 0.410 e. The molecule has 1 saturated heterocycles. The molecule has 0 bridgehead atoms. The summed E-state index contributed by atoms with van der Waals surface area (Å²) in [4.78, 5) is 35.3. The molecule has 0 aliphatic carbocycles. The van der Waals surface area contributed by atoms with Crippen molar-refractivity contribution >= 4 is 28.8 Å². The fourth-order valence-corrected chi connectivity index (χ4v) is 4.01. The summed E-state index contributed by atoms with van der Waals surface area (Å²) in [5.74, 6) is 0.658. The summed E-state index contributed by atoms with van der Waals surface area (Å²) in [5, 5.41) is 14.7. The van der Waals surface area contributed by atoms with E-state index in [1.54, 1.807) is 29.2 Å². The number of benzene rings is 2. The van der Waals surface area contributed by atoms with Gasteiger partial charge in [0.15, 0.2) is 0 Å². The summed E-state index contributed by atoms with van der Waals surface area (Å²) in [6, 6.07) is 15.5. The maximum atomic E-state index is 13.0. The van der Waals surface area contributed by atoms with Crippen molar-refractivity contribution in [3.63, 3.8) is 0 Å². The molecule has 1 aromatic heterocycles. The minimum Gasteiger partial charge on any atom is -0.444 e. The molecule has 0 saturated carbocycles. The van der Waals surface area contributed by atoms with E-state index < -0.39 is 11.7 Å². The Morgan fingerprint density at radius 3 is 2.59 bits per heavy atom. The Morgan fingerprint density at radius 1 is 1.18 bits per heavy atom. The molecule has 3 N–H and O–H groups in total. The number of anilines is 1. The molecule has 9 nitrogen and oxygen atoms in total. The van der Waals surface area contributed by atoms with Crippen LogP contribution in [0, 0.1) is 11.3 Å². The standard InChI is InChI=1S/C25H28N6O3/c1-25(2,3)34-24(33)31-13-12-18(28-23(32)27-17-10-8-16(15-26)9-11-17)14-21(31)22-29-19-6-4-5-7-20(19)30-22/h4-11,18,21H,12-14H2,1-3H3,(H,29,30)(H2,27,28,32)/t18-,21-/m1/s1. The number of hydrogen-bond donors (Lipinski definition) is 3. The number of rotatable bonds is 3. The van der Waals surface area contributed by atoms with E-state index in [1.807, 2.05) is 45.0 Å². The van der Waals surface area contributed by atoms with Crippen molar-refractivity contribution in [2.24, 2.45) is 0 Å². The van der Waals surface area contributed by atoms with Crippen molar-refractivity contribution in [2.45, 2.75) is 51.3 Å². The quantitative estimate of drug-likeness (QED) is 0.523. The summed E-state index contributed by atoms with van der Waals surface area (Å²) in [7, 11) is 0. The zero-order valence-corrected chi connectivity index (χ0v) is 19.5. The summed E-state index contributed by atoms with van der Waals surface area (Å²) in [5.41, 5.74) is 2.20. The first kappa shape index (κ1) is 23.1. The van der Waals surface area contributed by atoms with Crippen molar-refractivity contribution in [2.75, 3.05) is 11.9 Å². The highest BCUT2D eigenvalue weighted by molar-refractivity contribution is 5.89. The first-order valence-electron chi connectivity index (χ1n) is 11.2. The second-order valence-electron chi connectivity index (χ2n) is 9.34. The topological polar surface area (TPSA) is 123 Å². The van der Waals surface area contributed by atoms with Crippen LogP contribution < -0.4 is 10.6 Å². The highest BCUT2D eigenvalue weighted by atomic mass is 16.6. The molecule has 1 aliphatic rings. The maximum absolute atomic E-state index is 13.0. The average molecular weight is 461 g/mol. The Labute approximate surface area is 198 Å². The summed E-state index contributed by atoms with van der Waals surface area (Å²) >= 11 is 0. The fraction of sp³-hybridized carbons (Fsp3) is 0.360. The fourth-order valence-electron chi connectivity index (χ4n) is 4.01. The molecule has 176 valence electrons. The lowest BCUT2D eigenvalue weighted by molar-refractivity contribution is 0.00612. The van der Waals surface area contributed by atoms with Gasteiger partial charge in [-0.2, -0.15) is 5.26 Å². The average Bonchev–Trinajstić information content (AvgIpc) is 3.22. The first-order valence-corrected chi connectivity index (χ1v) is 11.2. The molecule has 4 rings (SSSR count). The van der Waals surface area contributed by atoms with Crippen molar-refractivity contribution in [3.05, 3.63) is 59.9 Å². The summed E-state index contributed by atoms with van der Waals surface area (Å²) in [6.45, 7) is 5.92. The number of aromatic nitrogens is 2. The second kappa shape index (κ2) is 9.43. The van der Waals surface area contributed by atoms with Gasteiger partial charge in [0.1, 0.15) is 11.4 Å². The van der Waals surface area contributed by atoms with E-state index in [0.717, 1.165) is 11.0 Å². The van der Waals surface area contributed by atoms with Crippen LogP contribution in [-0.4, -0.2) is 45.2 Å². The number of likely N-dealkylation sites (tertiary alicyclic amines) is 1. The van der Waals surface area contributed by atoms with Crippen molar-refractivity contribution < 1.29 is 14.3 Å². The number of imidazole rings is 1. The SMILES string of the molecule is CC(C)(C)OC(=O)N1CC[C@@H](NC(=O)Nc2ccc(C#N)cc2)C[C@@H]1c1nc2ccccc2[nH]1. The molecular weight excluding hydrogens is 432 g/mol. The zero-order chi connectivity index (χ0) is 24.3. The number of nitrogens with one attached hydrogen (secondary N) is 3. The van der Waals surface area contributed by atoms with Gasteiger partial charge in [-0.1, -0.05) is 12.1 Å². The Balaban J connectivity index is 1.50. The van der Waals surface area contributed by atoms with Crippen LogP contribution >= 0.6 is 0 Å². The predicted octanol–water partition coefficient (Wildman–Crippen LogP) is 4.70. The lowest BCUT2D eigenvalue weighted by atomic mass is 9.97. The van der Waals surface area contributed by atoms with Crippen LogP contribution in [0.1, 0.15) is 51.0 Å². The minimum atomic E-state index is -0.619. The third-order valence-corrected chi connectivity index (χ3v) is 5.56. The highest BCUT2D eigenvalue weighted by Crippen LogP contribution is 2.32. The van der Waals surface area contributed by atoms with E-state index in [0.29, 0.717) is 36.5 Å². The number of fused-ring (bicyclic) bond motifs is 1. The number of nitriles is 1. The van der Waals surface area contributed by atoms with Gasteiger partial charge in [0, 0.05) is 18.3 Å². The number of hydrogen-bond acceptors (Lipinski definition) is 5. The Kier molecular flexibility index (Phi) is 6.41. The third-order valence-electron chi connectivity index (χ3n) is 5.56. The normalized spacial score (nSPS) is 18.2. The van der Waals surface area contributed by atoms with Gasteiger partial charge in [0.25, 0.3) is 0 Å². The molecule has 0 unspecified atom stereocenters. The molecule has 3 aromatic rings. The van der Waals surface area contributed by atoms with Crippen LogP contribution in [0.15, 0.2) is 48.5 Å².